The van der Waals surface area contributed by atoms with Crippen LogP contribution in [0.15, 0.2) is 72.8 Å². The molecule has 0 N–H and O–H groups in total. The molecule has 0 saturated heterocycles. The largest absolute Gasteiger partial charge is 0.558 e. The quantitative estimate of drug-likeness (QED) is 0.629. The second-order valence-corrected chi connectivity index (χ2v) is 4.12. The van der Waals surface area contributed by atoms with E-state index in [1.807, 2.05) is 48.5 Å². The van der Waals surface area contributed by atoms with Crippen LogP contribution in [0.25, 0.3) is 10.8 Å². The molecule has 0 aliphatic heterocycles. The van der Waals surface area contributed by atoms with Crippen molar-refractivity contribution in [3.05, 3.63) is 72.8 Å². The van der Waals surface area contributed by atoms with Crippen molar-refractivity contribution >= 4 is 23.7 Å². The number of fused-ring (bicyclic) bond motifs is 1. The summed E-state index contributed by atoms with van der Waals surface area (Å²) in [5.41, 5.74) is 1.09. The third-order valence-electron chi connectivity index (χ3n) is 2.89. The summed E-state index contributed by atoms with van der Waals surface area (Å²) in [4.78, 5) is 0. The maximum absolute atomic E-state index is 5.68. The van der Waals surface area contributed by atoms with Crippen LogP contribution in [0, 0.1) is 0 Å². The molecule has 0 heterocycles. The number of hydrogen-bond donors (Lipinski definition) is 0. The van der Waals surface area contributed by atoms with Crippen LogP contribution < -0.4 is 10.1 Å². The predicted molar refractivity (Wildman–Crippen MR) is 76.4 cm³/mol. The molecule has 3 aromatic rings. The summed E-state index contributed by atoms with van der Waals surface area (Å²) in [5.74, 6) is 0.852. The van der Waals surface area contributed by atoms with Crippen LogP contribution in [0.5, 0.6) is 5.75 Å². The Morgan fingerprint density at radius 2 is 1.39 bits per heavy atom. The molecule has 1 radical (unpaired) electrons. The monoisotopic (exact) mass is 231 g/mol. The minimum atomic E-state index is 0.852. The van der Waals surface area contributed by atoms with E-state index < -0.39 is 0 Å². The van der Waals surface area contributed by atoms with E-state index in [0.717, 1.165) is 11.2 Å². The van der Waals surface area contributed by atoms with E-state index in [1.165, 1.54) is 10.8 Å². The normalized spacial score (nSPS) is 10.2. The Morgan fingerprint density at radius 1 is 0.667 bits per heavy atom. The molecular weight excluding hydrogens is 219 g/mol. The van der Waals surface area contributed by atoms with Gasteiger partial charge in [0.05, 0.1) is 5.75 Å². The van der Waals surface area contributed by atoms with Crippen molar-refractivity contribution in [3.8, 4) is 5.75 Å². The molecule has 0 atom stereocenters. The highest BCUT2D eigenvalue weighted by atomic mass is 16.4. The van der Waals surface area contributed by atoms with Crippen LogP contribution in [0.1, 0.15) is 0 Å². The van der Waals surface area contributed by atoms with Crippen LogP contribution in [0.3, 0.4) is 0 Å². The summed E-state index contributed by atoms with van der Waals surface area (Å²) in [6, 6.07) is 24.3. The van der Waals surface area contributed by atoms with Gasteiger partial charge in [-0.3, -0.25) is 0 Å². The lowest BCUT2D eigenvalue weighted by Gasteiger charge is -2.07. The highest BCUT2D eigenvalue weighted by molar-refractivity contribution is 6.52. The molecule has 0 unspecified atom stereocenters. The summed E-state index contributed by atoms with van der Waals surface area (Å²) in [6.07, 6.45) is 0. The lowest BCUT2D eigenvalue weighted by Crippen LogP contribution is -2.20. The molecule has 0 saturated carbocycles. The Bertz CT molecular complexity index is 644. The molecule has 3 rings (SSSR count). The van der Waals surface area contributed by atoms with Gasteiger partial charge >= 0.3 is 7.48 Å². The van der Waals surface area contributed by atoms with Crippen LogP contribution >= 0.6 is 0 Å². The van der Waals surface area contributed by atoms with Crippen molar-refractivity contribution < 1.29 is 4.65 Å². The molecule has 0 bridgehead atoms. The molecule has 2 heteroatoms. The van der Waals surface area contributed by atoms with E-state index in [0.29, 0.717) is 0 Å². The van der Waals surface area contributed by atoms with Gasteiger partial charge in [-0.2, -0.15) is 0 Å². The fourth-order valence-electron chi connectivity index (χ4n) is 1.98. The van der Waals surface area contributed by atoms with Gasteiger partial charge in [-0.1, -0.05) is 60.7 Å². The Labute approximate surface area is 107 Å². The van der Waals surface area contributed by atoms with Crippen molar-refractivity contribution in [3.63, 3.8) is 0 Å². The van der Waals surface area contributed by atoms with Gasteiger partial charge in [0.1, 0.15) is 0 Å². The highest BCUT2D eigenvalue weighted by Gasteiger charge is 2.04. The minimum absolute atomic E-state index is 0.852. The maximum atomic E-state index is 5.68. The molecule has 1 nitrogen and oxygen atoms in total. The molecule has 0 aromatic heterocycles. The number of hydrogen-bond acceptors (Lipinski definition) is 1. The number of para-hydroxylation sites is 1. The second kappa shape index (κ2) is 4.97. The van der Waals surface area contributed by atoms with E-state index in [2.05, 4.69) is 24.3 Å². The fraction of sp³-hybridized carbons (Fsp3) is 0. The van der Waals surface area contributed by atoms with E-state index in [-0.39, 0.29) is 0 Å². The lowest BCUT2D eigenvalue weighted by molar-refractivity contribution is 0.605. The van der Waals surface area contributed by atoms with E-state index in [1.54, 1.807) is 7.48 Å². The molecule has 0 fully saturated rings. The summed E-state index contributed by atoms with van der Waals surface area (Å²) in [7, 11) is 1.80. The first-order chi connectivity index (χ1) is 8.93. The third kappa shape index (κ3) is 2.23. The molecule has 0 amide bonds. The number of benzene rings is 3. The van der Waals surface area contributed by atoms with Gasteiger partial charge in [-0.15, -0.1) is 0 Å². The molecule has 18 heavy (non-hydrogen) atoms. The van der Waals surface area contributed by atoms with Crippen LogP contribution in [0.4, 0.5) is 0 Å². The average Bonchev–Trinajstić information content (AvgIpc) is 2.46. The predicted octanol–water partition coefficient (Wildman–Crippen LogP) is 3.16. The van der Waals surface area contributed by atoms with Crippen molar-refractivity contribution in [2.24, 2.45) is 0 Å². The standard InChI is InChI=1S/C16H12BO/c1-2-9-14(10-3-1)18-17-16-12-6-8-13-7-4-5-11-15(13)16/h1-12H. The Morgan fingerprint density at radius 3 is 2.28 bits per heavy atom. The third-order valence-corrected chi connectivity index (χ3v) is 2.89. The average molecular weight is 231 g/mol. The SMILES string of the molecule is [B](Oc1ccccc1)c1cccc2ccccc12. The topological polar surface area (TPSA) is 9.23 Å². The van der Waals surface area contributed by atoms with Crippen molar-refractivity contribution in [1.29, 1.82) is 0 Å². The van der Waals surface area contributed by atoms with E-state index in [4.69, 9.17) is 4.65 Å². The van der Waals surface area contributed by atoms with Crippen LogP contribution in [-0.4, -0.2) is 7.48 Å². The molecule has 0 aliphatic rings. The molecule has 0 spiro atoms. The minimum Gasteiger partial charge on any atom is -0.558 e. The summed E-state index contributed by atoms with van der Waals surface area (Å²) >= 11 is 0. The summed E-state index contributed by atoms with van der Waals surface area (Å²) in [6.45, 7) is 0. The van der Waals surface area contributed by atoms with E-state index >= 15 is 0 Å². The van der Waals surface area contributed by atoms with Gasteiger partial charge in [0.2, 0.25) is 0 Å². The highest BCUT2D eigenvalue weighted by Crippen LogP contribution is 2.11. The smallest absolute Gasteiger partial charge is 0.409 e. The van der Waals surface area contributed by atoms with Gasteiger partial charge in [-0.05, 0) is 28.4 Å². The van der Waals surface area contributed by atoms with Gasteiger partial charge in [0.15, 0.2) is 0 Å². The van der Waals surface area contributed by atoms with Crippen molar-refractivity contribution in [1.82, 2.24) is 0 Å². The fourth-order valence-corrected chi connectivity index (χ4v) is 1.98. The first kappa shape index (κ1) is 10.9. The second-order valence-electron chi connectivity index (χ2n) is 4.12. The maximum Gasteiger partial charge on any atom is 0.409 e. The van der Waals surface area contributed by atoms with Gasteiger partial charge in [0, 0.05) is 0 Å². The lowest BCUT2D eigenvalue weighted by atomic mass is 9.83. The zero-order valence-corrected chi connectivity index (χ0v) is 9.91. The molecule has 85 valence electrons. The van der Waals surface area contributed by atoms with Gasteiger partial charge < -0.3 is 4.65 Å². The van der Waals surface area contributed by atoms with Crippen molar-refractivity contribution in [2.45, 2.75) is 0 Å². The van der Waals surface area contributed by atoms with Gasteiger partial charge in [-0.25, -0.2) is 0 Å². The first-order valence-electron chi connectivity index (χ1n) is 5.96. The molecule has 0 aliphatic carbocycles. The Balaban J connectivity index is 1.87. The van der Waals surface area contributed by atoms with Crippen LogP contribution in [-0.2, 0) is 0 Å². The Kier molecular flexibility index (Phi) is 3.01. The van der Waals surface area contributed by atoms with Crippen LogP contribution in [0.2, 0.25) is 0 Å². The van der Waals surface area contributed by atoms with E-state index in [9.17, 15) is 0 Å². The molecular formula is C16H12BO. The number of rotatable bonds is 3. The summed E-state index contributed by atoms with van der Waals surface area (Å²) < 4.78 is 5.68. The van der Waals surface area contributed by atoms with Gasteiger partial charge in [0.25, 0.3) is 0 Å². The zero-order valence-electron chi connectivity index (χ0n) is 9.91. The zero-order chi connectivity index (χ0) is 12.2. The van der Waals surface area contributed by atoms with Crippen molar-refractivity contribution in [2.75, 3.05) is 0 Å². The summed E-state index contributed by atoms with van der Waals surface area (Å²) in [5, 5.41) is 2.43. The molecule has 3 aromatic carbocycles. The Hall–Kier alpha value is -2.22. The first-order valence-corrected chi connectivity index (χ1v) is 5.96.